The Balaban J connectivity index is 0.000000968. The number of phenolic OH excluding ortho intramolecular Hbond substituents is 1. The number of rotatable bonds is 5. The Labute approximate surface area is 212 Å². The van der Waals surface area contributed by atoms with Gasteiger partial charge in [0.05, 0.1) is 0 Å². The molecule has 0 amide bonds. The first kappa shape index (κ1) is 25.6. The van der Waals surface area contributed by atoms with Crippen LogP contribution in [0.5, 0.6) is 5.75 Å². The summed E-state index contributed by atoms with van der Waals surface area (Å²) in [5.41, 5.74) is 4.57. The van der Waals surface area contributed by atoms with Gasteiger partial charge in [-0.15, -0.1) is 0 Å². The first-order valence-electron chi connectivity index (χ1n) is 10.00. The van der Waals surface area contributed by atoms with Crippen molar-refractivity contribution in [1.82, 2.24) is 0 Å². The van der Waals surface area contributed by atoms with Crippen molar-refractivity contribution in [3.63, 3.8) is 0 Å². The summed E-state index contributed by atoms with van der Waals surface area (Å²) in [6.07, 6.45) is 1.65. The van der Waals surface area contributed by atoms with Gasteiger partial charge in [-0.25, -0.2) is 4.39 Å². The second-order valence-corrected chi connectivity index (χ2v) is 10.9. The number of hydrogen-bond donors (Lipinski definition) is 1. The molecule has 33 heavy (non-hydrogen) atoms. The van der Waals surface area contributed by atoms with E-state index in [1.807, 2.05) is 60.7 Å². The molecule has 0 saturated carbocycles. The third kappa shape index (κ3) is 6.99. The normalized spacial score (nSPS) is 10.9. The zero-order valence-electron chi connectivity index (χ0n) is 17.8. The van der Waals surface area contributed by atoms with E-state index in [1.165, 1.54) is 12.1 Å². The number of aliphatic imine (C=N–C) groups is 1. The van der Waals surface area contributed by atoms with Gasteiger partial charge in [0.25, 0.3) is 0 Å². The van der Waals surface area contributed by atoms with Crippen LogP contribution < -0.4 is 10.6 Å². The Hall–Kier alpha value is -2.00. The number of halogens is 3. The molecule has 0 spiro atoms. The van der Waals surface area contributed by atoms with Gasteiger partial charge in [0.1, 0.15) is 11.6 Å². The number of benzene rings is 4. The SMILES string of the molecule is CN=Cc1cc(F)ccc1Pc1cc(-c2ccccc2)cc(-c2ccccc2)c1O.[Cl][Ti][Cl]. The van der Waals surface area contributed by atoms with Gasteiger partial charge in [0, 0.05) is 29.7 Å². The quantitative estimate of drug-likeness (QED) is 0.169. The molecule has 166 valence electrons. The molecule has 7 heteroatoms. The first-order valence-corrected chi connectivity index (χ1v) is 15.3. The van der Waals surface area contributed by atoms with Crippen LogP contribution in [0.25, 0.3) is 22.3 Å². The van der Waals surface area contributed by atoms with Gasteiger partial charge in [-0.3, -0.25) is 4.99 Å². The van der Waals surface area contributed by atoms with Gasteiger partial charge in [0.15, 0.2) is 0 Å². The van der Waals surface area contributed by atoms with Gasteiger partial charge in [-0.05, 0) is 46.3 Å². The van der Waals surface area contributed by atoms with Crippen molar-refractivity contribution < 1.29 is 26.5 Å². The Morgan fingerprint density at radius 2 is 1.42 bits per heavy atom. The average molecular weight is 532 g/mol. The fourth-order valence-electron chi connectivity index (χ4n) is 3.40. The summed E-state index contributed by atoms with van der Waals surface area (Å²) >= 11 is -0.556. The van der Waals surface area contributed by atoms with Gasteiger partial charge in [-0.2, -0.15) is 0 Å². The van der Waals surface area contributed by atoms with Crippen molar-refractivity contribution in [2.24, 2.45) is 4.99 Å². The van der Waals surface area contributed by atoms with Crippen LogP contribution in [0.4, 0.5) is 4.39 Å². The zero-order chi connectivity index (χ0) is 23.6. The summed E-state index contributed by atoms with van der Waals surface area (Å²) in [6.45, 7) is 0. The van der Waals surface area contributed by atoms with E-state index in [9.17, 15) is 9.50 Å². The molecule has 0 aromatic heterocycles. The third-order valence-electron chi connectivity index (χ3n) is 4.85. The molecule has 1 N–H and O–H groups in total. The van der Waals surface area contributed by atoms with Crippen LogP contribution in [-0.4, -0.2) is 18.4 Å². The Morgan fingerprint density at radius 1 is 0.818 bits per heavy atom. The Kier molecular flexibility index (Phi) is 10.1. The molecule has 1 unspecified atom stereocenters. The van der Waals surface area contributed by atoms with E-state index in [1.54, 1.807) is 19.3 Å². The average Bonchev–Trinajstić information content (AvgIpc) is 2.84. The molecule has 4 rings (SSSR count). The van der Waals surface area contributed by atoms with E-state index in [4.69, 9.17) is 18.6 Å². The van der Waals surface area contributed by atoms with Crippen LogP contribution in [-0.2, 0) is 17.0 Å². The number of nitrogens with zero attached hydrogens (tertiary/aromatic N) is 1. The predicted molar refractivity (Wildman–Crippen MR) is 138 cm³/mol. The summed E-state index contributed by atoms with van der Waals surface area (Å²) in [5, 5.41) is 12.9. The number of phenols is 1. The van der Waals surface area contributed by atoms with Crippen LogP contribution in [0.15, 0.2) is 96.0 Å². The molecule has 4 aromatic rings. The molecule has 2 nitrogen and oxygen atoms in total. The minimum absolute atomic E-state index is 0.155. The maximum absolute atomic E-state index is 13.8. The third-order valence-corrected chi connectivity index (χ3v) is 6.23. The molecule has 0 radical (unpaired) electrons. The van der Waals surface area contributed by atoms with E-state index >= 15 is 0 Å². The summed E-state index contributed by atoms with van der Waals surface area (Å²) in [4.78, 5) is 4.05. The van der Waals surface area contributed by atoms with Crippen molar-refractivity contribution in [1.29, 1.82) is 0 Å². The molecule has 0 heterocycles. The topological polar surface area (TPSA) is 32.6 Å². The molecule has 0 aliphatic heterocycles. The van der Waals surface area contributed by atoms with Crippen molar-refractivity contribution in [2.75, 3.05) is 7.05 Å². The molecule has 0 bridgehead atoms. The second-order valence-electron chi connectivity index (χ2n) is 6.97. The van der Waals surface area contributed by atoms with E-state index in [0.29, 0.717) is 0 Å². The minimum atomic E-state index is -0.556. The van der Waals surface area contributed by atoms with Crippen LogP contribution in [0.1, 0.15) is 5.56 Å². The summed E-state index contributed by atoms with van der Waals surface area (Å²) in [5.74, 6) is -0.0476. The standard InChI is InChI=1S/C26H21FNOP.2ClH.Ti/c1-28-17-21-14-22(27)12-13-24(21)30-25-16-20(18-8-4-2-5-9-18)15-23(26(25)29)19-10-6-3-7-11-19;;;/h2-17,29-30H,1H3;2*1H;/q;;;+2/p-2. The van der Waals surface area contributed by atoms with Gasteiger partial charge >= 0.3 is 35.6 Å². The summed E-state index contributed by atoms with van der Waals surface area (Å²) in [6, 6.07) is 28.7. The molecule has 1 atom stereocenters. The number of aromatic hydroxyl groups is 1. The molecule has 4 aromatic carbocycles. The van der Waals surface area contributed by atoms with Crippen molar-refractivity contribution in [3.05, 3.63) is 102 Å². The fraction of sp³-hybridized carbons (Fsp3) is 0.0385. The Morgan fingerprint density at radius 3 is 2.03 bits per heavy atom. The molecule has 0 aliphatic carbocycles. The fourth-order valence-corrected chi connectivity index (χ4v) is 4.62. The van der Waals surface area contributed by atoms with E-state index in [2.05, 4.69) is 17.1 Å². The maximum atomic E-state index is 13.8. The van der Waals surface area contributed by atoms with Crippen LogP contribution in [0, 0.1) is 5.82 Å². The predicted octanol–water partition coefficient (Wildman–Crippen LogP) is 6.92. The van der Waals surface area contributed by atoms with Crippen molar-refractivity contribution >= 4 is 44.0 Å². The van der Waals surface area contributed by atoms with Gasteiger partial charge in [0.2, 0.25) is 0 Å². The van der Waals surface area contributed by atoms with E-state index < -0.39 is 17.0 Å². The van der Waals surface area contributed by atoms with Crippen LogP contribution in [0.2, 0.25) is 0 Å². The van der Waals surface area contributed by atoms with E-state index in [0.717, 1.165) is 38.4 Å². The van der Waals surface area contributed by atoms with Gasteiger partial charge < -0.3 is 5.11 Å². The van der Waals surface area contributed by atoms with Crippen LogP contribution >= 0.6 is 27.2 Å². The molecule has 0 saturated heterocycles. The zero-order valence-corrected chi connectivity index (χ0v) is 21.8. The molecule has 0 aliphatic rings. The monoisotopic (exact) mass is 531 g/mol. The molecular formula is C26H21Cl2FNOPTi. The second kappa shape index (κ2) is 13.0. The Bertz CT molecular complexity index is 1220. The van der Waals surface area contributed by atoms with E-state index in [-0.39, 0.29) is 20.1 Å². The van der Waals surface area contributed by atoms with Crippen LogP contribution in [0.3, 0.4) is 0 Å². The summed E-state index contributed by atoms with van der Waals surface area (Å²) < 4.78 is 13.8. The first-order chi connectivity index (χ1) is 16.1. The van der Waals surface area contributed by atoms with Gasteiger partial charge in [-0.1, -0.05) is 75.3 Å². The summed E-state index contributed by atoms with van der Waals surface area (Å²) in [7, 11) is 11.6. The van der Waals surface area contributed by atoms with Crippen molar-refractivity contribution in [3.8, 4) is 28.0 Å². The number of hydrogen-bond acceptors (Lipinski definition) is 2. The molecule has 0 fully saturated rings. The molecular weight excluding hydrogens is 511 g/mol. The van der Waals surface area contributed by atoms with Crippen molar-refractivity contribution in [2.45, 2.75) is 0 Å².